The zero-order valence-electron chi connectivity index (χ0n) is 44.8. The summed E-state index contributed by atoms with van der Waals surface area (Å²) in [6.45, 7) is 9.35. The fraction of sp³-hybridized carbons (Fsp3) is 1.00. The molecule has 0 unspecified atom stereocenters. The quantitative estimate of drug-likeness (QED) is 0.0422. The molecule has 0 atom stereocenters. The van der Waals surface area contributed by atoms with Crippen molar-refractivity contribution in [2.24, 2.45) is 0 Å². The van der Waals surface area contributed by atoms with Crippen LogP contribution in [0.25, 0.3) is 0 Å². The molecule has 0 heterocycles. The van der Waals surface area contributed by atoms with E-state index in [2.05, 4.69) is 27.7 Å². The summed E-state index contributed by atoms with van der Waals surface area (Å²) in [5.41, 5.74) is 0. The van der Waals surface area contributed by atoms with E-state index in [9.17, 15) is 0 Å². The summed E-state index contributed by atoms with van der Waals surface area (Å²) >= 11 is 0. The maximum atomic E-state index is 2.34. The topological polar surface area (TPSA) is 0 Å². The zero-order chi connectivity index (χ0) is 44.8. The molecule has 0 N–H and O–H groups in total. The Kier molecular flexibility index (Phi) is 56.1. The fourth-order valence-corrected chi connectivity index (χ4v) is 16.5. The Labute approximate surface area is 398 Å². The van der Waals surface area contributed by atoms with Gasteiger partial charge in [-0.1, -0.05) is 85.5 Å². The standard InChI is InChI=1S/C61H127P/c1-5-9-13-17-21-25-29-32-35-39-43-47-51-55-59-62(58-54-50-46-42-38-28-24-20-16-12-8-4,60-56-52-48-44-40-36-33-30-26-22-18-14-10-6-2)61-57-53-49-45-41-37-34-31-27-23-19-15-11-7-3/h62H,5-61H2,1-4H3. The van der Waals surface area contributed by atoms with Crippen LogP contribution in [-0.2, 0) is 0 Å². The van der Waals surface area contributed by atoms with E-state index in [0.29, 0.717) is 0 Å². The first-order valence-corrected chi connectivity index (χ1v) is 33.6. The summed E-state index contributed by atoms with van der Waals surface area (Å²) in [6.07, 6.45) is 86.0. The molecule has 0 aliphatic carbocycles. The molecule has 0 aromatic rings. The third-order valence-corrected chi connectivity index (χ3v) is 21.1. The van der Waals surface area contributed by atoms with E-state index >= 15 is 0 Å². The summed E-state index contributed by atoms with van der Waals surface area (Å²) in [6, 6.07) is 0. The molecule has 0 bridgehead atoms. The molecule has 1 heteroatoms. The van der Waals surface area contributed by atoms with Gasteiger partial charge < -0.3 is 0 Å². The van der Waals surface area contributed by atoms with Crippen LogP contribution in [0.15, 0.2) is 0 Å². The molecule has 0 aliphatic heterocycles. The Bertz CT molecular complexity index is 680. The number of rotatable bonds is 57. The molecular weight excluding hydrogens is 764 g/mol. The van der Waals surface area contributed by atoms with Gasteiger partial charge in [-0.3, -0.25) is 0 Å². The molecule has 62 heavy (non-hydrogen) atoms. The first kappa shape index (κ1) is 62.4. The summed E-state index contributed by atoms with van der Waals surface area (Å²) in [7, 11) is -1.20. The van der Waals surface area contributed by atoms with Gasteiger partial charge in [0.15, 0.2) is 0 Å². The minimum absolute atomic E-state index is 1.20. The second-order valence-electron chi connectivity index (χ2n) is 21.8. The van der Waals surface area contributed by atoms with Crippen LogP contribution in [0.2, 0.25) is 0 Å². The molecule has 0 nitrogen and oxygen atoms in total. The normalized spacial score (nSPS) is 12.3. The minimum Gasteiger partial charge on any atom is -0.0654 e. The zero-order valence-corrected chi connectivity index (χ0v) is 45.8. The summed E-state index contributed by atoms with van der Waals surface area (Å²) < 4.78 is 0. The SMILES string of the molecule is CCCCCCCCCCCCCCCC[PH](CCCCCCCCCCCCC)(CCCCCCCCCCCCCCCC)CCCCCCCCCCCCCCCC. The number of hydrogen-bond donors (Lipinski definition) is 0. The molecule has 0 aliphatic rings. The molecule has 0 radical (unpaired) electrons. The molecule has 0 rings (SSSR count). The first-order valence-electron chi connectivity index (χ1n) is 30.7. The van der Waals surface area contributed by atoms with Gasteiger partial charge in [0, 0.05) is 0 Å². The Hall–Kier alpha value is 0.430. The van der Waals surface area contributed by atoms with Crippen molar-refractivity contribution in [1.29, 1.82) is 0 Å². The van der Waals surface area contributed by atoms with Gasteiger partial charge in [0.1, 0.15) is 0 Å². The van der Waals surface area contributed by atoms with Crippen molar-refractivity contribution in [2.45, 2.75) is 368 Å². The van der Waals surface area contributed by atoms with Crippen LogP contribution in [-0.4, -0.2) is 24.6 Å². The van der Waals surface area contributed by atoms with Crippen LogP contribution in [0.3, 0.4) is 0 Å². The van der Waals surface area contributed by atoms with E-state index in [1.165, 1.54) is 289 Å². The molecule has 0 aromatic carbocycles. The summed E-state index contributed by atoms with van der Waals surface area (Å²) in [5.74, 6) is 0. The van der Waals surface area contributed by atoms with Crippen molar-refractivity contribution in [1.82, 2.24) is 0 Å². The van der Waals surface area contributed by atoms with E-state index in [1.54, 1.807) is 76.0 Å². The molecule has 0 amide bonds. The van der Waals surface area contributed by atoms with E-state index in [1.807, 2.05) is 0 Å². The maximum absolute atomic E-state index is 2.34. The Morgan fingerprint density at radius 3 is 0.339 bits per heavy atom. The van der Waals surface area contributed by atoms with Gasteiger partial charge >= 0.3 is 314 Å². The third-order valence-electron chi connectivity index (χ3n) is 15.5. The van der Waals surface area contributed by atoms with Crippen LogP contribution in [0, 0.1) is 0 Å². The number of hydrogen-bond acceptors (Lipinski definition) is 0. The molecule has 376 valence electrons. The van der Waals surface area contributed by atoms with Crippen molar-refractivity contribution in [2.75, 3.05) is 24.6 Å². The monoisotopic (exact) mass is 891 g/mol. The Morgan fingerprint density at radius 1 is 0.129 bits per heavy atom. The van der Waals surface area contributed by atoms with Gasteiger partial charge in [-0.25, -0.2) is 0 Å². The minimum atomic E-state index is -1.20. The second kappa shape index (κ2) is 55.8. The predicted molar refractivity (Wildman–Crippen MR) is 295 cm³/mol. The average Bonchev–Trinajstić information content (AvgIpc) is 3.28. The van der Waals surface area contributed by atoms with Gasteiger partial charge in [-0.2, -0.15) is 0 Å². The van der Waals surface area contributed by atoms with Crippen LogP contribution >= 0.6 is 7.26 Å². The van der Waals surface area contributed by atoms with E-state index < -0.39 is 7.26 Å². The second-order valence-corrected chi connectivity index (χ2v) is 26.8. The van der Waals surface area contributed by atoms with Crippen LogP contribution in [0.5, 0.6) is 0 Å². The molecule has 0 saturated carbocycles. The first-order chi connectivity index (χ1) is 30.7. The van der Waals surface area contributed by atoms with Crippen molar-refractivity contribution in [3.05, 3.63) is 0 Å². The molecule has 0 aromatic heterocycles. The van der Waals surface area contributed by atoms with Gasteiger partial charge in [0.05, 0.1) is 0 Å². The molecule has 0 saturated heterocycles. The fourth-order valence-electron chi connectivity index (χ4n) is 11.0. The van der Waals surface area contributed by atoms with Gasteiger partial charge in [-0.05, 0) is 0 Å². The van der Waals surface area contributed by atoms with Gasteiger partial charge in [0.25, 0.3) is 0 Å². The Balaban J connectivity index is 4.90. The summed E-state index contributed by atoms with van der Waals surface area (Å²) in [5, 5.41) is 0. The van der Waals surface area contributed by atoms with E-state index in [-0.39, 0.29) is 0 Å². The van der Waals surface area contributed by atoms with E-state index in [0.717, 1.165) is 0 Å². The molecular formula is C61H127P. The Morgan fingerprint density at radius 2 is 0.226 bits per heavy atom. The van der Waals surface area contributed by atoms with Crippen LogP contribution in [0.4, 0.5) is 0 Å². The molecule has 0 spiro atoms. The van der Waals surface area contributed by atoms with E-state index in [4.69, 9.17) is 0 Å². The smallest absolute Gasteiger partial charge is 0.0654 e. The van der Waals surface area contributed by atoms with Crippen molar-refractivity contribution in [3.63, 3.8) is 0 Å². The predicted octanol–water partition coefficient (Wildman–Crippen LogP) is 23.5. The van der Waals surface area contributed by atoms with Crippen LogP contribution < -0.4 is 0 Å². The van der Waals surface area contributed by atoms with Crippen molar-refractivity contribution < 1.29 is 0 Å². The number of unbranched alkanes of at least 4 members (excludes halogenated alkanes) is 49. The van der Waals surface area contributed by atoms with Gasteiger partial charge in [0.2, 0.25) is 0 Å². The van der Waals surface area contributed by atoms with Gasteiger partial charge in [-0.15, -0.1) is 0 Å². The third kappa shape index (κ3) is 49.9. The van der Waals surface area contributed by atoms with Crippen molar-refractivity contribution >= 4 is 7.26 Å². The van der Waals surface area contributed by atoms with Crippen LogP contribution in [0.1, 0.15) is 368 Å². The average molecular weight is 892 g/mol. The summed E-state index contributed by atoms with van der Waals surface area (Å²) in [4.78, 5) is 0. The van der Waals surface area contributed by atoms with Crippen molar-refractivity contribution in [3.8, 4) is 0 Å². The molecule has 0 fully saturated rings.